The zero-order valence-corrected chi connectivity index (χ0v) is 11.5. The van der Waals surface area contributed by atoms with Crippen LogP contribution < -0.4 is 10.6 Å². The van der Waals surface area contributed by atoms with Crippen LogP contribution in [-0.2, 0) is 17.8 Å². The minimum atomic E-state index is -0.251. The van der Waals surface area contributed by atoms with Crippen molar-refractivity contribution >= 4 is 22.2 Å². The third-order valence-electron chi connectivity index (χ3n) is 3.42. The van der Waals surface area contributed by atoms with Crippen molar-refractivity contribution in [2.45, 2.75) is 19.0 Å². The lowest BCUT2D eigenvalue weighted by molar-refractivity contribution is -0.118. The third-order valence-corrected chi connectivity index (χ3v) is 4.25. The number of carbonyl (C=O) groups excluding carboxylic acids is 1. The SMILES string of the molecule is N#Cc1ccsc1NC(=O)[C@H]1Cc2ccccc2CN1. The van der Waals surface area contributed by atoms with E-state index in [1.807, 2.05) is 12.1 Å². The molecule has 1 aliphatic rings. The van der Waals surface area contributed by atoms with E-state index in [2.05, 4.69) is 28.8 Å². The summed E-state index contributed by atoms with van der Waals surface area (Å²) in [4.78, 5) is 12.3. The second-order valence-corrected chi connectivity index (χ2v) is 5.59. The van der Waals surface area contributed by atoms with Crippen LogP contribution in [0.15, 0.2) is 35.7 Å². The lowest BCUT2D eigenvalue weighted by Crippen LogP contribution is -2.44. The van der Waals surface area contributed by atoms with E-state index in [4.69, 9.17) is 5.26 Å². The van der Waals surface area contributed by atoms with Gasteiger partial charge >= 0.3 is 0 Å². The van der Waals surface area contributed by atoms with E-state index in [1.165, 1.54) is 22.5 Å². The topological polar surface area (TPSA) is 64.9 Å². The molecule has 2 heterocycles. The van der Waals surface area contributed by atoms with Crippen molar-refractivity contribution in [1.29, 1.82) is 5.26 Å². The van der Waals surface area contributed by atoms with Gasteiger partial charge in [-0.05, 0) is 29.0 Å². The van der Waals surface area contributed by atoms with E-state index in [9.17, 15) is 4.79 Å². The molecule has 1 aromatic heterocycles. The van der Waals surface area contributed by atoms with Gasteiger partial charge in [-0.2, -0.15) is 5.26 Å². The number of benzene rings is 1. The van der Waals surface area contributed by atoms with Gasteiger partial charge in [-0.1, -0.05) is 24.3 Å². The van der Waals surface area contributed by atoms with Crippen LogP contribution in [0.25, 0.3) is 0 Å². The minimum absolute atomic E-state index is 0.0848. The lowest BCUT2D eigenvalue weighted by atomic mass is 9.95. The monoisotopic (exact) mass is 283 g/mol. The third kappa shape index (κ3) is 2.44. The Morgan fingerprint density at radius 2 is 2.15 bits per heavy atom. The van der Waals surface area contributed by atoms with E-state index < -0.39 is 0 Å². The first-order valence-electron chi connectivity index (χ1n) is 6.36. The summed E-state index contributed by atoms with van der Waals surface area (Å²) in [6.45, 7) is 0.698. The molecule has 1 aromatic carbocycles. The van der Waals surface area contributed by atoms with E-state index in [0.29, 0.717) is 23.5 Å². The number of amides is 1. The molecule has 3 rings (SSSR count). The largest absolute Gasteiger partial charge is 0.315 e. The number of hydrogen-bond acceptors (Lipinski definition) is 4. The normalized spacial score (nSPS) is 17.1. The number of carbonyl (C=O) groups is 1. The minimum Gasteiger partial charge on any atom is -0.315 e. The fraction of sp³-hybridized carbons (Fsp3) is 0.200. The Morgan fingerprint density at radius 1 is 1.35 bits per heavy atom. The molecule has 0 aliphatic carbocycles. The summed E-state index contributed by atoms with van der Waals surface area (Å²) in [6, 6.07) is 11.7. The number of thiophene rings is 1. The standard InChI is InChI=1S/C15H13N3OS/c16-8-11-5-6-20-15(11)18-14(19)13-7-10-3-1-2-4-12(10)9-17-13/h1-6,13,17H,7,9H2,(H,18,19)/t13-/m1/s1. The van der Waals surface area contributed by atoms with Crippen LogP contribution >= 0.6 is 11.3 Å². The second-order valence-electron chi connectivity index (χ2n) is 4.67. The molecular formula is C15H13N3OS. The average Bonchev–Trinajstić information content (AvgIpc) is 2.94. The maximum Gasteiger partial charge on any atom is 0.242 e. The Morgan fingerprint density at radius 3 is 2.95 bits per heavy atom. The van der Waals surface area contributed by atoms with Crippen molar-refractivity contribution in [3.05, 3.63) is 52.4 Å². The molecule has 2 N–H and O–H groups in total. The van der Waals surface area contributed by atoms with Gasteiger partial charge in [0.25, 0.3) is 0 Å². The smallest absolute Gasteiger partial charge is 0.242 e. The molecule has 0 spiro atoms. The molecule has 1 amide bonds. The zero-order chi connectivity index (χ0) is 13.9. The van der Waals surface area contributed by atoms with Crippen molar-refractivity contribution in [3.63, 3.8) is 0 Å². The first-order valence-corrected chi connectivity index (χ1v) is 7.24. The van der Waals surface area contributed by atoms with E-state index in [-0.39, 0.29) is 11.9 Å². The molecule has 1 aliphatic heterocycles. The van der Waals surface area contributed by atoms with Crippen LogP contribution in [-0.4, -0.2) is 11.9 Å². The highest BCUT2D eigenvalue weighted by Crippen LogP contribution is 2.23. The van der Waals surface area contributed by atoms with E-state index in [0.717, 1.165) is 0 Å². The summed E-state index contributed by atoms with van der Waals surface area (Å²) in [7, 11) is 0. The Balaban J connectivity index is 1.72. The zero-order valence-electron chi connectivity index (χ0n) is 10.7. The van der Waals surface area contributed by atoms with Crippen LogP contribution in [0.2, 0.25) is 0 Å². The van der Waals surface area contributed by atoms with Gasteiger partial charge < -0.3 is 10.6 Å². The molecule has 1 atom stereocenters. The van der Waals surface area contributed by atoms with Gasteiger partial charge in [-0.3, -0.25) is 4.79 Å². The number of hydrogen-bond donors (Lipinski definition) is 2. The van der Waals surface area contributed by atoms with E-state index in [1.54, 1.807) is 11.4 Å². The predicted octanol–water partition coefficient (Wildman–Crippen LogP) is 2.27. The molecule has 5 heteroatoms. The van der Waals surface area contributed by atoms with Gasteiger partial charge in [0.05, 0.1) is 11.6 Å². The Bertz CT molecular complexity index is 686. The van der Waals surface area contributed by atoms with Gasteiger partial charge in [-0.15, -0.1) is 11.3 Å². The highest BCUT2D eigenvalue weighted by Gasteiger charge is 2.24. The molecule has 0 saturated heterocycles. The predicted molar refractivity (Wildman–Crippen MR) is 78.4 cm³/mol. The highest BCUT2D eigenvalue weighted by molar-refractivity contribution is 7.14. The van der Waals surface area contributed by atoms with Gasteiger partial charge in [0.2, 0.25) is 5.91 Å². The van der Waals surface area contributed by atoms with Crippen LogP contribution in [0.5, 0.6) is 0 Å². The quantitative estimate of drug-likeness (QED) is 0.888. The maximum absolute atomic E-state index is 12.3. The van der Waals surface area contributed by atoms with Crippen molar-refractivity contribution < 1.29 is 4.79 Å². The molecule has 2 aromatic rings. The fourth-order valence-corrected chi connectivity index (χ4v) is 3.07. The average molecular weight is 283 g/mol. The molecule has 0 unspecified atom stereocenters. The van der Waals surface area contributed by atoms with E-state index >= 15 is 0 Å². The number of nitrogens with one attached hydrogen (secondary N) is 2. The number of nitrogens with zero attached hydrogens (tertiary/aromatic N) is 1. The maximum atomic E-state index is 12.3. The highest BCUT2D eigenvalue weighted by atomic mass is 32.1. The molecule has 20 heavy (non-hydrogen) atoms. The summed E-state index contributed by atoms with van der Waals surface area (Å²) in [5.41, 5.74) is 2.96. The van der Waals surface area contributed by atoms with Crippen LogP contribution in [0, 0.1) is 11.3 Å². The molecule has 0 radical (unpaired) electrons. The molecule has 4 nitrogen and oxygen atoms in total. The Hall–Kier alpha value is -2.16. The van der Waals surface area contributed by atoms with Gasteiger partial charge in [0.15, 0.2) is 0 Å². The van der Waals surface area contributed by atoms with Crippen molar-refractivity contribution in [2.24, 2.45) is 0 Å². The first kappa shape index (κ1) is 12.9. The number of anilines is 1. The summed E-state index contributed by atoms with van der Waals surface area (Å²) < 4.78 is 0. The second kappa shape index (κ2) is 5.45. The van der Waals surface area contributed by atoms with Gasteiger partial charge in [0, 0.05) is 6.54 Å². The van der Waals surface area contributed by atoms with Gasteiger partial charge in [-0.25, -0.2) is 0 Å². The van der Waals surface area contributed by atoms with Crippen molar-refractivity contribution in [1.82, 2.24) is 5.32 Å². The summed E-state index contributed by atoms with van der Waals surface area (Å²) in [6.07, 6.45) is 0.676. The summed E-state index contributed by atoms with van der Waals surface area (Å²) >= 11 is 1.37. The Kier molecular flexibility index (Phi) is 3.50. The molecule has 0 fully saturated rings. The molecule has 0 bridgehead atoms. The fourth-order valence-electron chi connectivity index (χ4n) is 2.33. The van der Waals surface area contributed by atoms with Crippen LogP contribution in [0.4, 0.5) is 5.00 Å². The Labute approximate surface area is 121 Å². The van der Waals surface area contributed by atoms with Crippen molar-refractivity contribution in [3.8, 4) is 6.07 Å². The number of rotatable bonds is 2. The van der Waals surface area contributed by atoms with Crippen molar-refractivity contribution in [2.75, 3.05) is 5.32 Å². The number of fused-ring (bicyclic) bond motifs is 1. The van der Waals surface area contributed by atoms with Gasteiger partial charge in [0.1, 0.15) is 11.1 Å². The number of nitriles is 1. The molecular weight excluding hydrogens is 270 g/mol. The summed E-state index contributed by atoms with van der Waals surface area (Å²) in [5.74, 6) is -0.0848. The van der Waals surface area contributed by atoms with Crippen LogP contribution in [0.3, 0.4) is 0 Å². The summed E-state index contributed by atoms with van der Waals surface area (Å²) in [5, 5.41) is 17.4. The molecule has 0 saturated carbocycles. The van der Waals surface area contributed by atoms with Crippen LogP contribution in [0.1, 0.15) is 16.7 Å². The first-order chi connectivity index (χ1) is 9.78. The molecule has 100 valence electrons. The lowest BCUT2D eigenvalue weighted by Gasteiger charge is -2.25.